The molecule has 1 aromatic carbocycles. The molecule has 0 aliphatic carbocycles. The van der Waals surface area contributed by atoms with Gasteiger partial charge >= 0.3 is 0 Å². The van der Waals surface area contributed by atoms with Crippen LogP contribution in [0.1, 0.15) is 0 Å². The first-order valence-electron chi connectivity index (χ1n) is 8.52. The largest absolute Gasteiger partial charge is 0.352 e. The van der Waals surface area contributed by atoms with Crippen molar-refractivity contribution in [3.63, 3.8) is 0 Å². The Morgan fingerprint density at radius 2 is 1.52 bits per heavy atom. The summed E-state index contributed by atoms with van der Waals surface area (Å²) in [7, 11) is -3.54. The Hall–Kier alpha value is -2.42. The van der Waals surface area contributed by atoms with Gasteiger partial charge in [-0.1, -0.05) is 17.7 Å². The third-order valence-electron chi connectivity index (χ3n) is 4.50. The van der Waals surface area contributed by atoms with E-state index < -0.39 is 10.0 Å². The Balaban J connectivity index is 1.44. The topological polar surface area (TPSA) is 71.3 Å². The molecule has 0 radical (unpaired) electrons. The lowest BCUT2D eigenvalue weighted by Crippen LogP contribution is -2.49. The van der Waals surface area contributed by atoms with E-state index >= 15 is 0 Å². The van der Waals surface area contributed by atoms with Crippen molar-refractivity contribution in [2.75, 3.05) is 31.1 Å². The van der Waals surface area contributed by atoms with E-state index in [9.17, 15) is 8.42 Å². The van der Waals surface area contributed by atoms with Gasteiger partial charge in [0.25, 0.3) is 0 Å². The summed E-state index contributed by atoms with van der Waals surface area (Å²) in [6.07, 6.45) is 3.81. The molecule has 0 spiro atoms. The molecule has 0 unspecified atom stereocenters. The molecule has 0 atom stereocenters. The molecule has 0 bridgehead atoms. The minimum atomic E-state index is -3.54. The number of benzene rings is 1. The van der Waals surface area contributed by atoms with Crippen LogP contribution in [0.25, 0.3) is 5.82 Å². The average molecular weight is 404 g/mol. The molecule has 0 N–H and O–H groups in total. The van der Waals surface area contributed by atoms with Crippen LogP contribution in [-0.2, 0) is 10.0 Å². The van der Waals surface area contributed by atoms with Crippen molar-refractivity contribution < 1.29 is 8.42 Å². The molecule has 27 heavy (non-hydrogen) atoms. The lowest BCUT2D eigenvalue weighted by Gasteiger charge is -2.34. The van der Waals surface area contributed by atoms with E-state index in [0.717, 1.165) is 11.6 Å². The molecule has 2 aromatic heterocycles. The summed E-state index contributed by atoms with van der Waals surface area (Å²) in [5, 5.41) is 8.94. The molecule has 1 saturated heterocycles. The zero-order valence-corrected chi connectivity index (χ0v) is 16.0. The lowest BCUT2D eigenvalue weighted by atomic mass is 10.3. The Kier molecular flexibility index (Phi) is 4.86. The number of rotatable bonds is 4. The maximum absolute atomic E-state index is 12.8. The van der Waals surface area contributed by atoms with Gasteiger partial charge in [-0.05, 0) is 42.5 Å². The van der Waals surface area contributed by atoms with Crippen LogP contribution in [0.15, 0.2) is 65.8 Å². The maximum Gasteiger partial charge on any atom is 0.243 e. The molecule has 4 rings (SSSR count). The van der Waals surface area contributed by atoms with E-state index in [1.807, 2.05) is 46.1 Å². The van der Waals surface area contributed by atoms with Crippen LogP contribution in [0.2, 0.25) is 5.02 Å². The summed E-state index contributed by atoms with van der Waals surface area (Å²) >= 11 is 5.93. The van der Waals surface area contributed by atoms with Gasteiger partial charge in [-0.15, -0.1) is 10.2 Å². The number of aromatic nitrogens is 3. The van der Waals surface area contributed by atoms with Gasteiger partial charge in [-0.3, -0.25) is 0 Å². The molecule has 9 heteroatoms. The van der Waals surface area contributed by atoms with Crippen molar-refractivity contribution in [2.45, 2.75) is 4.90 Å². The minimum Gasteiger partial charge on any atom is -0.352 e. The van der Waals surface area contributed by atoms with Gasteiger partial charge in [0, 0.05) is 43.6 Å². The first-order chi connectivity index (χ1) is 13.0. The monoisotopic (exact) mass is 403 g/mol. The van der Waals surface area contributed by atoms with E-state index in [4.69, 9.17) is 11.6 Å². The van der Waals surface area contributed by atoms with Crippen LogP contribution < -0.4 is 4.90 Å². The van der Waals surface area contributed by atoms with Crippen molar-refractivity contribution in [1.29, 1.82) is 0 Å². The summed E-state index contributed by atoms with van der Waals surface area (Å²) in [6, 6.07) is 14.0. The zero-order valence-electron chi connectivity index (χ0n) is 14.4. The second-order valence-corrected chi connectivity index (χ2v) is 8.56. The van der Waals surface area contributed by atoms with Gasteiger partial charge in [-0.2, -0.15) is 4.31 Å². The summed E-state index contributed by atoms with van der Waals surface area (Å²) < 4.78 is 28.9. The van der Waals surface area contributed by atoms with Gasteiger partial charge in [0.15, 0.2) is 11.6 Å². The van der Waals surface area contributed by atoms with Crippen molar-refractivity contribution >= 4 is 27.4 Å². The highest BCUT2D eigenvalue weighted by atomic mass is 35.5. The Morgan fingerprint density at radius 1 is 0.852 bits per heavy atom. The molecule has 1 fully saturated rings. The number of anilines is 1. The van der Waals surface area contributed by atoms with Crippen LogP contribution >= 0.6 is 11.6 Å². The Labute approximate surface area is 162 Å². The standard InChI is InChI=1S/C18H18ClN5O2S/c19-15-4-3-5-16(14-15)27(25,26)24-12-10-23(11-13-24)18-7-6-17(20-21-18)22-8-1-2-9-22/h1-9,14H,10-13H2. The van der Waals surface area contributed by atoms with Crippen LogP contribution in [0.5, 0.6) is 0 Å². The predicted molar refractivity (Wildman–Crippen MR) is 104 cm³/mol. The quantitative estimate of drug-likeness (QED) is 0.669. The molecule has 3 heterocycles. The minimum absolute atomic E-state index is 0.222. The SMILES string of the molecule is O=S(=O)(c1cccc(Cl)c1)N1CCN(c2ccc(-n3cccc3)nn2)CC1. The molecule has 1 aliphatic rings. The third-order valence-corrected chi connectivity index (χ3v) is 6.63. The molecule has 7 nitrogen and oxygen atoms in total. The van der Waals surface area contributed by atoms with Crippen LogP contribution in [0.3, 0.4) is 0 Å². The molecular formula is C18H18ClN5O2S. The predicted octanol–water partition coefficient (Wildman–Crippen LogP) is 2.43. The second-order valence-electron chi connectivity index (χ2n) is 6.19. The fourth-order valence-electron chi connectivity index (χ4n) is 3.05. The molecule has 3 aromatic rings. The summed E-state index contributed by atoms with van der Waals surface area (Å²) in [6.45, 7) is 1.88. The maximum atomic E-state index is 12.8. The summed E-state index contributed by atoms with van der Waals surface area (Å²) in [4.78, 5) is 2.26. The van der Waals surface area contributed by atoms with Crippen LogP contribution in [0, 0.1) is 0 Å². The molecule has 0 saturated carbocycles. The number of nitrogens with zero attached hydrogens (tertiary/aromatic N) is 5. The smallest absolute Gasteiger partial charge is 0.243 e. The number of hydrogen-bond acceptors (Lipinski definition) is 5. The first-order valence-corrected chi connectivity index (χ1v) is 10.3. The lowest BCUT2D eigenvalue weighted by molar-refractivity contribution is 0.383. The second kappa shape index (κ2) is 7.30. The third kappa shape index (κ3) is 3.69. The highest BCUT2D eigenvalue weighted by Crippen LogP contribution is 2.22. The normalized spacial score (nSPS) is 15.8. The number of piperazine rings is 1. The van der Waals surface area contributed by atoms with Crippen LogP contribution in [-0.4, -0.2) is 53.7 Å². The van der Waals surface area contributed by atoms with Gasteiger partial charge in [0.2, 0.25) is 10.0 Å². The van der Waals surface area contributed by atoms with Gasteiger partial charge in [0.1, 0.15) is 0 Å². The zero-order chi connectivity index (χ0) is 18.9. The molecular weight excluding hydrogens is 386 g/mol. The van der Waals surface area contributed by atoms with Gasteiger partial charge in [-0.25, -0.2) is 8.42 Å². The highest BCUT2D eigenvalue weighted by Gasteiger charge is 2.29. The summed E-state index contributed by atoms with van der Waals surface area (Å²) in [5.41, 5.74) is 0. The number of sulfonamides is 1. The molecule has 140 valence electrons. The van der Waals surface area contributed by atoms with Crippen molar-refractivity contribution in [2.24, 2.45) is 0 Å². The van der Waals surface area contributed by atoms with E-state index in [1.54, 1.807) is 18.2 Å². The highest BCUT2D eigenvalue weighted by molar-refractivity contribution is 7.89. The summed E-state index contributed by atoms with van der Waals surface area (Å²) in [5.74, 6) is 1.48. The van der Waals surface area contributed by atoms with Crippen molar-refractivity contribution in [1.82, 2.24) is 19.1 Å². The van der Waals surface area contributed by atoms with E-state index in [0.29, 0.717) is 31.2 Å². The number of halogens is 1. The number of hydrogen-bond donors (Lipinski definition) is 0. The molecule has 0 amide bonds. The van der Waals surface area contributed by atoms with Crippen LogP contribution in [0.4, 0.5) is 5.82 Å². The van der Waals surface area contributed by atoms with E-state index in [1.165, 1.54) is 10.4 Å². The van der Waals surface area contributed by atoms with Crippen molar-refractivity contribution in [3.8, 4) is 5.82 Å². The Morgan fingerprint density at radius 3 is 2.15 bits per heavy atom. The van der Waals surface area contributed by atoms with Gasteiger partial charge in [0.05, 0.1) is 4.90 Å². The average Bonchev–Trinajstić information content (AvgIpc) is 3.23. The fraction of sp³-hybridized carbons (Fsp3) is 0.222. The first kappa shape index (κ1) is 18.0. The van der Waals surface area contributed by atoms with E-state index in [2.05, 4.69) is 10.2 Å². The fourth-order valence-corrected chi connectivity index (χ4v) is 4.77. The van der Waals surface area contributed by atoms with Gasteiger partial charge < -0.3 is 9.47 Å². The molecule has 1 aliphatic heterocycles. The van der Waals surface area contributed by atoms with E-state index in [-0.39, 0.29) is 4.90 Å². The van der Waals surface area contributed by atoms with Crippen molar-refractivity contribution in [3.05, 3.63) is 65.9 Å². The Bertz CT molecular complexity index is 1010.